The minimum atomic E-state index is -0.255. The summed E-state index contributed by atoms with van der Waals surface area (Å²) < 4.78 is 3.12. The van der Waals surface area contributed by atoms with Gasteiger partial charge in [-0.25, -0.2) is 0 Å². The van der Waals surface area contributed by atoms with Gasteiger partial charge in [-0.3, -0.25) is 4.79 Å². The molecule has 0 saturated heterocycles. The van der Waals surface area contributed by atoms with Crippen molar-refractivity contribution >= 4 is 39.3 Å². The van der Waals surface area contributed by atoms with Crippen LogP contribution < -0.4 is 5.32 Å². The topological polar surface area (TPSA) is 59.8 Å². The molecule has 140 valence electrons. The van der Waals surface area contributed by atoms with Gasteiger partial charge in [-0.15, -0.1) is 10.2 Å². The maximum atomic E-state index is 12.6. The van der Waals surface area contributed by atoms with Crippen molar-refractivity contribution in [2.75, 3.05) is 5.32 Å². The molecule has 2 aromatic rings. The SMILES string of the molecule is Cc1ccc(NC(=O)C(C)Sc2nnc(C)n2C2CCCCC2)c(Br)c1. The molecular formula is C19H25BrN4OS. The molecule has 1 atom stereocenters. The molecule has 1 heterocycles. The van der Waals surface area contributed by atoms with Crippen molar-refractivity contribution in [2.24, 2.45) is 0 Å². The zero-order chi connectivity index (χ0) is 18.7. The number of nitrogens with zero attached hydrogens (tertiary/aromatic N) is 3. The molecule has 1 unspecified atom stereocenters. The molecule has 3 rings (SSSR count). The number of benzene rings is 1. The number of rotatable bonds is 5. The Morgan fingerprint density at radius 3 is 2.69 bits per heavy atom. The molecule has 1 aliphatic carbocycles. The van der Waals surface area contributed by atoms with E-state index in [0.717, 1.165) is 26.7 Å². The summed E-state index contributed by atoms with van der Waals surface area (Å²) in [6.45, 7) is 5.94. The Morgan fingerprint density at radius 2 is 2.00 bits per heavy atom. The van der Waals surface area contributed by atoms with Crippen LogP contribution in [0.4, 0.5) is 5.69 Å². The first-order valence-electron chi connectivity index (χ1n) is 9.11. The molecular weight excluding hydrogens is 412 g/mol. The molecule has 1 aliphatic rings. The maximum absolute atomic E-state index is 12.6. The molecule has 0 bridgehead atoms. The van der Waals surface area contributed by atoms with Gasteiger partial charge in [0.2, 0.25) is 5.91 Å². The fraction of sp³-hybridized carbons (Fsp3) is 0.526. The van der Waals surface area contributed by atoms with Crippen molar-refractivity contribution in [3.63, 3.8) is 0 Å². The maximum Gasteiger partial charge on any atom is 0.237 e. The number of carbonyl (C=O) groups is 1. The van der Waals surface area contributed by atoms with Crippen molar-refractivity contribution in [2.45, 2.75) is 69.3 Å². The molecule has 0 aliphatic heterocycles. The highest BCUT2D eigenvalue weighted by atomic mass is 79.9. The van der Waals surface area contributed by atoms with Crippen molar-refractivity contribution in [1.82, 2.24) is 14.8 Å². The summed E-state index contributed by atoms with van der Waals surface area (Å²) in [5.41, 5.74) is 1.94. The third kappa shape index (κ3) is 4.49. The van der Waals surface area contributed by atoms with E-state index in [1.807, 2.05) is 39.0 Å². The van der Waals surface area contributed by atoms with Crippen molar-refractivity contribution in [3.05, 3.63) is 34.1 Å². The van der Waals surface area contributed by atoms with Gasteiger partial charge in [0.05, 0.1) is 10.9 Å². The Morgan fingerprint density at radius 1 is 1.27 bits per heavy atom. The lowest BCUT2D eigenvalue weighted by Crippen LogP contribution is -2.24. The first-order valence-corrected chi connectivity index (χ1v) is 10.8. The summed E-state index contributed by atoms with van der Waals surface area (Å²) in [6.07, 6.45) is 6.16. The molecule has 1 N–H and O–H groups in total. The zero-order valence-electron chi connectivity index (χ0n) is 15.5. The number of hydrogen-bond acceptors (Lipinski definition) is 4. The lowest BCUT2D eigenvalue weighted by Gasteiger charge is -2.25. The van der Waals surface area contributed by atoms with E-state index < -0.39 is 0 Å². The van der Waals surface area contributed by atoms with Gasteiger partial charge in [0, 0.05) is 10.5 Å². The van der Waals surface area contributed by atoms with Crippen molar-refractivity contribution in [1.29, 1.82) is 0 Å². The number of thioether (sulfide) groups is 1. The number of halogens is 1. The number of amides is 1. The molecule has 1 aromatic carbocycles. The Labute approximate surface area is 167 Å². The third-order valence-electron chi connectivity index (χ3n) is 4.81. The quantitative estimate of drug-likeness (QED) is 0.647. The van der Waals surface area contributed by atoms with E-state index in [2.05, 4.69) is 36.0 Å². The summed E-state index contributed by atoms with van der Waals surface area (Å²) in [5.74, 6) is 0.906. The van der Waals surface area contributed by atoms with Gasteiger partial charge >= 0.3 is 0 Å². The van der Waals surface area contributed by atoms with Gasteiger partial charge in [-0.2, -0.15) is 0 Å². The first kappa shape index (κ1) is 19.4. The van der Waals surface area contributed by atoms with Crippen LogP contribution in [-0.2, 0) is 4.79 Å². The molecule has 5 nitrogen and oxygen atoms in total. The second-order valence-corrected chi connectivity index (χ2v) is 9.09. The molecule has 26 heavy (non-hydrogen) atoms. The molecule has 1 amide bonds. The Bertz CT molecular complexity index is 786. The number of aromatic nitrogens is 3. The van der Waals surface area contributed by atoms with Crippen LogP contribution in [0.15, 0.2) is 27.8 Å². The largest absolute Gasteiger partial charge is 0.324 e. The number of anilines is 1. The van der Waals surface area contributed by atoms with Crippen LogP contribution in [0.3, 0.4) is 0 Å². The standard InChI is InChI=1S/C19H25BrN4OS/c1-12-9-10-17(16(20)11-12)21-18(25)13(2)26-19-23-22-14(3)24(19)15-7-5-4-6-8-15/h9-11,13,15H,4-8H2,1-3H3,(H,21,25). The Hall–Kier alpha value is -1.34. The molecule has 7 heteroatoms. The number of nitrogens with one attached hydrogen (secondary N) is 1. The van der Waals surface area contributed by atoms with Crippen LogP contribution in [0, 0.1) is 13.8 Å². The highest BCUT2D eigenvalue weighted by Gasteiger charge is 2.24. The van der Waals surface area contributed by atoms with Gasteiger partial charge in [-0.05, 0) is 67.2 Å². The fourth-order valence-electron chi connectivity index (χ4n) is 3.36. The van der Waals surface area contributed by atoms with E-state index in [-0.39, 0.29) is 11.2 Å². The summed E-state index contributed by atoms with van der Waals surface area (Å²) in [7, 11) is 0. The summed E-state index contributed by atoms with van der Waals surface area (Å²) in [5, 5.41) is 12.2. The second-order valence-electron chi connectivity index (χ2n) is 6.92. The molecule has 1 saturated carbocycles. The minimum Gasteiger partial charge on any atom is -0.324 e. The Balaban J connectivity index is 1.69. The number of carbonyl (C=O) groups excluding carboxylic acids is 1. The van der Waals surface area contributed by atoms with E-state index in [4.69, 9.17) is 0 Å². The molecule has 1 fully saturated rings. The average Bonchev–Trinajstić information content (AvgIpc) is 2.98. The predicted molar refractivity (Wildman–Crippen MR) is 110 cm³/mol. The molecule has 0 radical (unpaired) electrons. The molecule has 0 spiro atoms. The van der Waals surface area contributed by atoms with E-state index in [0.29, 0.717) is 6.04 Å². The van der Waals surface area contributed by atoms with Crippen molar-refractivity contribution in [3.8, 4) is 0 Å². The van der Waals surface area contributed by atoms with E-state index in [9.17, 15) is 4.79 Å². The average molecular weight is 437 g/mol. The van der Waals surface area contributed by atoms with Crippen LogP contribution >= 0.6 is 27.7 Å². The van der Waals surface area contributed by atoms with Crippen molar-refractivity contribution < 1.29 is 4.79 Å². The van der Waals surface area contributed by atoms with Gasteiger partial charge in [0.15, 0.2) is 5.16 Å². The van der Waals surface area contributed by atoms with Gasteiger partial charge in [0.25, 0.3) is 0 Å². The van der Waals surface area contributed by atoms with E-state index >= 15 is 0 Å². The van der Waals surface area contributed by atoms with Crippen LogP contribution in [0.1, 0.15) is 56.5 Å². The van der Waals surface area contributed by atoms with Gasteiger partial charge < -0.3 is 9.88 Å². The van der Waals surface area contributed by atoms with Crippen LogP contribution in [0.25, 0.3) is 0 Å². The highest BCUT2D eigenvalue weighted by molar-refractivity contribution is 9.10. The van der Waals surface area contributed by atoms with Gasteiger partial charge in [0.1, 0.15) is 5.82 Å². The number of hydrogen-bond donors (Lipinski definition) is 1. The molecule has 1 aromatic heterocycles. The lowest BCUT2D eigenvalue weighted by molar-refractivity contribution is -0.115. The summed E-state index contributed by atoms with van der Waals surface area (Å²) in [4.78, 5) is 12.6. The van der Waals surface area contributed by atoms with Crippen LogP contribution in [0.5, 0.6) is 0 Å². The predicted octanol–water partition coefficient (Wildman–Crippen LogP) is 5.28. The van der Waals surface area contributed by atoms with E-state index in [1.54, 1.807) is 0 Å². The van der Waals surface area contributed by atoms with Crippen LogP contribution in [-0.4, -0.2) is 25.9 Å². The smallest absolute Gasteiger partial charge is 0.237 e. The van der Waals surface area contributed by atoms with E-state index in [1.165, 1.54) is 43.9 Å². The van der Waals surface area contributed by atoms with Gasteiger partial charge in [-0.1, -0.05) is 37.1 Å². The minimum absolute atomic E-state index is 0.0320. The van der Waals surface area contributed by atoms with Crippen LogP contribution in [0.2, 0.25) is 0 Å². The summed E-state index contributed by atoms with van der Waals surface area (Å²) in [6, 6.07) is 6.36. The fourth-order valence-corrected chi connectivity index (χ4v) is 4.91. The zero-order valence-corrected chi connectivity index (χ0v) is 17.9. The monoisotopic (exact) mass is 436 g/mol. The Kier molecular flexibility index (Phi) is 6.40. The normalized spacial score (nSPS) is 16.5. The first-order chi connectivity index (χ1) is 12.5. The lowest BCUT2D eigenvalue weighted by atomic mass is 9.95. The second kappa shape index (κ2) is 8.57. The number of aryl methyl sites for hydroxylation is 2. The third-order valence-corrected chi connectivity index (χ3v) is 6.52. The highest BCUT2D eigenvalue weighted by Crippen LogP contribution is 2.34. The summed E-state index contributed by atoms with van der Waals surface area (Å²) >= 11 is 4.99.